The summed E-state index contributed by atoms with van der Waals surface area (Å²) in [6, 6.07) is 5.98. The van der Waals surface area contributed by atoms with Gasteiger partial charge in [0.2, 0.25) is 5.95 Å². The number of nitrogens with zero attached hydrogens (tertiary/aromatic N) is 8. The molecule has 34 heavy (non-hydrogen) atoms. The molecule has 0 bridgehead atoms. The molecule has 0 aliphatic carbocycles. The van der Waals surface area contributed by atoms with Crippen molar-refractivity contribution in [2.75, 3.05) is 31.6 Å². The van der Waals surface area contributed by atoms with Gasteiger partial charge in [0.1, 0.15) is 18.7 Å². The molecule has 1 unspecified atom stereocenters. The van der Waals surface area contributed by atoms with Gasteiger partial charge in [-0.05, 0) is 77.3 Å². The third-order valence-corrected chi connectivity index (χ3v) is 8.04. The molecule has 5 rings (SSSR count). The van der Waals surface area contributed by atoms with Gasteiger partial charge in [0, 0.05) is 32.5 Å². The van der Waals surface area contributed by atoms with E-state index in [4.69, 9.17) is 4.74 Å². The lowest BCUT2D eigenvalue weighted by atomic mass is 9.96. The molecule has 0 amide bonds. The largest absolute Gasteiger partial charge is 0.487 e. The molecular weight excluding hydrogens is 448 g/mol. The maximum absolute atomic E-state index is 6.18. The summed E-state index contributed by atoms with van der Waals surface area (Å²) in [6.07, 6.45) is 8.74. The fraction of sp³-hybridized carbons (Fsp3) is 0.458. The van der Waals surface area contributed by atoms with Gasteiger partial charge in [-0.25, -0.2) is 14.6 Å². The van der Waals surface area contributed by atoms with Crippen molar-refractivity contribution in [2.24, 2.45) is 5.92 Å². The number of hydrogen-bond acceptors (Lipinski definition) is 9. The van der Waals surface area contributed by atoms with Crippen molar-refractivity contribution in [2.45, 2.75) is 38.5 Å². The molecule has 0 radical (unpaired) electrons. The van der Waals surface area contributed by atoms with Crippen LogP contribution in [0.15, 0.2) is 48.0 Å². The molecule has 0 N–H and O–H groups in total. The summed E-state index contributed by atoms with van der Waals surface area (Å²) in [4.78, 5) is 13.8. The molecule has 9 nitrogen and oxygen atoms in total. The van der Waals surface area contributed by atoms with Gasteiger partial charge < -0.3 is 14.5 Å². The molecule has 4 heterocycles. The SMILES string of the molecule is CCc1cnc(N2CCC(C3SC=C(COc4ccc(-n5cnnn5)cc4C)N3C)CC2)nc1. The maximum atomic E-state index is 6.18. The number of benzene rings is 1. The zero-order valence-electron chi connectivity index (χ0n) is 19.8. The second-order valence-electron chi connectivity index (χ2n) is 8.81. The lowest BCUT2D eigenvalue weighted by Crippen LogP contribution is -2.41. The number of tetrazole rings is 1. The molecule has 0 saturated carbocycles. The van der Waals surface area contributed by atoms with E-state index in [1.807, 2.05) is 49.3 Å². The molecule has 1 atom stereocenters. The second kappa shape index (κ2) is 10.0. The number of likely N-dealkylation sites (N-methyl/N-ethyl adjacent to an activating group) is 1. The van der Waals surface area contributed by atoms with E-state index in [0.29, 0.717) is 17.9 Å². The zero-order valence-corrected chi connectivity index (χ0v) is 20.6. The number of anilines is 1. The molecule has 1 aromatic carbocycles. The highest BCUT2D eigenvalue weighted by Gasteiger charge is 2.34. The van der Waals surface area contributed by atoms with Crippen LogP contribution < -0.4 is 9.64 Å². The Morgan fingerprint density at radius 3 is 2.62 bits per heavy atom. The standard InChI is InChI=1S/C24H30N8OS/c1-4-18-12-25-24(26-13-18)31-9-7-19(8-10-31)23-30(3)21(15-34-23)14-33-22-6-5-20(11-17(22)2)32-16-27-28-29-32/h5-6,11-13,15-16,19,23H,4,7-10,14H2,1-3H3. The predicted octanol–water partition coefficient (Wildman–Crippen LogP) is 3.46. The van der Waals surface area contributed by atoms with Crippen LogP contribution in [-0.2, 0) is 6.42 Å². The van der Waals surface area contributed by atoms with E-state index in [1.165, 1.54) is 11.3 Å². The Bertz CT molecular complexity index is 1130. The average molecular weight is 479 g/mol. The number of hydrogen-bond donors (Lipinski definition) is 0. The van der Waals surface area contributed by atoms with Gasteiger partial charge in [-0.3, -0.25) is 0 Å². The van der Waals surface area contributed by atoms with Gasteiger partial charge in [0.25, 0.3) is 0 Å². The summed E-state index contributed by atoms with van der Waals surface area (Å²) in [5, 5.41) is 14.0. The summed E-state index contributed by atoms with van der Waals surface area (Å²) < 4.78 is 7.83. The Balaban J connectivity index is 1.13. The minimum atomic E-state index is 0.451. The number of piperidine rings is 1. The van der Waals surface area contributed by atoms with Gasteiger partial charge in [-0.15, -0.1) is 16.9 Å². The zero-order chi connectivity index (χ0) is 23.5. The Labute approximate surface area is 204 Å². The van der Waals surface area contributed by atoms with Crippen LogP contribution in [0, 0.1) is 12.8 Å². The first-order valence-corrected chi connectivity index (χ1v) is 12.7. The number of ether oxygens (including phenoxy) is 1. The first kappa shape index (κ1) is 22.6. The lowest BCUT2D eigenvalue weighted by Gasteiger charge is -2.37. The van der Waals surface area contributed by atoms with E-state index < -0.39 is 0 Å². The number of aromatic nitrogens is 6. The van der Waals surface area contributed by atoms with Crippen molar-refractivity contribution >= 4 is 17.7 Å². The Kier molecular flexibility index (Phi) is 6.66. The topological polar surface area (TPSA) is 85.1 Å². The van der Waals surface area contributed by atoms with Crippen LogP contribution >= 0.6 is 11.8 Å². The monoisotopic (exact) mass is 478 g/mol. The highest BCUT2D eigenvalue weighted by atomic mass is 32.2. The first-order valence-electron chi connectivity index (χ1n) is 11.7. The summed E-state index contributed by atoms with van der Waals surface area (Å²) in [5.41, 5.74) is 4.38. The summed E-state index contributed by atoms with van der Waals surface area (Å²) in [5.74, 6) is 2.37. The van der Waals surface area contributed by atoms with Crippen LogP contribution in [0.1, 0.15) is 30.9 Å². The Hall–Kier alpha value is -3.14. The van der Waals surface area contributed by atoms with Gasteiger partial charge in [0.15, 0.2) is 0 Å². The molecule has 2 aliphatic heterocycles. The second-order valence-corrected chi connectivity index (χ2v) is 9.80. The molecule has 10 heteroatoms. The Morgan fingerprint density at radius 1 is 1.15 bits per heavy atom. The smallest absolute Gasteiger partial charge is 0.225 e. The fourth-order valence-corrected chi connectivity index (χ4v) is 5.84. The summed E-state index contributed by atoms with van der Waals surface area (Å²) >= 11 is 1.92. The molecule has 0 spiro atoms. The van der Waals surface area contributed by atoms with Crippen LogP contribution in [0.25, 0.3) is 5.69 Å². The highest BCUT2D eigenvalue weighted by Crippen LogP contribution is 2.39. The quantitative estimate of drug-likeness (QED) is 0.507. The molecule has 2 aromatic heterocycles. The molecule has 2 aliphatic rings. The normalized spacial score (nSPS) is 18.9. The summed E-state index contributed by atoms with van der Waals surface area (Å²) in [6.45, 7) is 6.73. The predicted molar refractivity (Wildman–Crippen MR) is 133 cm³/mol. The van der Waals surface area contributed by atoms with Crippen molar-refractivity contribution in [3.05, 3.63) is 59.2 Å². The van der Waals surface area contributed by atoms with Crippen molar-refractivity contribution in [3.63, 3.8) is 0 Å². The van der Waals surface area contributed by atoms with E-state index in [9.17, 15) is 0 Å². The third kappa shape index (κ3) is 4.72. The van der Waals surface area contributed by atoms with E-state index in [-0.39, 0.29) is 0 Å². The molecule has 3 aromatic rings. The van der Waals surface area contributed by atoms with E-state index in [2.05, 4.69) is 54.7 Å². The van der Waals surface area contributed by atoms with Crippen LogP contribution in [-0.4, -0.2) is 67.2 Å². The van der Waals surface area contributed by atoms with Gasteiger partial charge in [0.05, 0.1) is 16.8 Å². The van der Waals surface area contributed by atoms with E-state index >= 15 is 0 Å². The highest BCUT2D eigenvalue weighted by molar-refractivity contribution is 8.02. The molecular formula is C24H30N8OS. The first-order chi connectivity index (χ1) is 16.6. The van der Waals surface area contributed by atoms with E-state index in [0.717, 1.165) is 55.3 Å². The van der Waals surface area contributed by atoms with Crippen molar-refractivity contribution in [1.29, 1.82) is 0 Å². The third-order valence-electron chi connectivity index (χ3n) is 6.65. The van der Waals surface area contributed by atoms with Crippen LogP contribution in [0.2, 0.25) is 0 Å². The fourth-order valence-electron chi connectivity index (χ4n) is 4.50. The van der Waals surface area contributed by atoms with Crippen LogP contribution in [0.3, 0.4) is 0 Å². The number of rotatable bonds is 7. The van der Waals surface area contributed by atoms with Gasteiger partial charge in [-0.1, -0.05) is 6.92 Å². The van der Waals surface area contributed by atoms with E-state index in [1.54, 1.807) is 11.0 Å². The molecule has 178 valence electrons. The van der Waals surface area contributed by atoms with Gasteiger partial charge >= 0.3 is 0 Å². The average Bonchev–Trinajstić information content (AvgIpc) is 3.54. The molecule has 1 fully saturated rings. The maximum Gasteiger partial charge on any atom is 0.225 e. The number of aryl methyl sites for hydroxylation is 2. The van der Waals surface area contributed by atoms with Crippen molar-refractivity contribution in [3.8, 4) is 11.4 Å². The molecule has 1 saturated heterocycles. The lowest BCUT2D eigenvalue weighted by molar-refractivity contribution is 0.235. The van der Waals surface area contributed by atoms with Crippen molar-refractivity contribution in [1.82, 2.24) is 35.1 Å². The Morgan fingerprint density at radius 2 is 1.94 bits per heavy atom. The van der Waals surface area contributed by atoms with Crippen LogP contribution in [0.5, 0.6) is 5.75 Å². The number of thioether (sulfide) groups is 1. The van der Waals surface area contributed by atoms with Crippen molar-refractivity contribution < 1.29 is 4.74 Å². The minimum Gasteiger partial charge on any atom is -0.487 e. The van der Waals surface area contributed by atoms with Crippen LogP contribution in [0.4, 0.5) is 5.95 Å². The summed E-state index contributed by atoms with van der Waals surface area (Å²) in [7, 11) is 2.19. The minimum absolute atomic E-state index is 0.451. The van der Waals surface area contributed by atoms with Gasteiger partial charge in [-0.2, -0.15) is 0 Å².